The first-order chi connectivity index (χ1) is 11.2. The molecule has 2 aromatic rings. The summed E-state index contributed by atoms with van der Waals surface area (Å²) < 4.78 is 0. The fourth-order valence-electron chi connectivity index (χ4n) is 2.89. The summed E-state index contributed by atoms with van der Waals surface area (Å²) >= 11 is 0. The van der Waals surface area contributed by atoms with Crippen LogP contribution in [0.15, 0.2) is 60.7 Å². The molecule has 3 heteroatoms. The highest BCUT2D eigenvalue weighted by molar-refractivity contribution is 5.79. The van der Waals surface area contributed by atoms with Crippen molar-refractivity contribution < 1.29 is 4.79 Å². The van der Waals surface area contributed by atoms with Gasteiger partial charge in [-0.15, -0.1) is 0 Å². The van der Waals surface area contributed by atoms with Gasteiger partial charge in [0, 0.05) is 0 Å². The maximum atomic E-state index is 12.4. The molecule has 1 atom stereocenters. The Kier molecular flexibility index (Phi) is 6.36. The van der Waals surface area contributed by atoms with E-state index in [1.807, 2.05) is 43.3 Å². The van der Waals surface area contributed by atoms with E-state index in [1.54, 1.807) is 0 Å². The van der Waals surface area contributed by atoms with Crippen molar-refractivity contribution in [3.05, 3.63) is 71.8 Å². The standard InChI is InChI=1S/C20H26N2O/c1-3-20(18-13-9-6-10-14-18,22-19(23)16-21-4-2)15-17-11-7-5-8-12-17/h5-14,21H,3-4,15-16H2,1-2H3,(H,22,23). The molecule has 1 unspecified atom stereocenters. The zero-order valence-corrected chi connectivity index (χ0v) is 14.0. The van der Waals surface area contributed by atoms with Crippen LogP contribution in [0.4, 0.5) is 0 Å². The van der Waals surface area contributed by atoms with Gasteiger partial charge in [-0.3, -0.25) is 4.79 Å². The fraction of sp³-hybridized carbons (Fsp3) is 0.350. The highest BCUT2D eigenvalue weighted by Crippen LogP contribution is 2.29. The molecule has 2 rings (SSSR count). The first-order valence-electron chi connectivity index (χ1n) is 8.31. The van der Waals surface area contributed by atoms with Crippen LogP contribution in [0, 0.1) is 0 Å². The molecule has 3 nitrogen and oxygen atoms in total. The number of rotatable bonds is 8. The number of carbonyl (C=O) groups excluding carboxylic acids is 1. The number of carbonyl (C=O) groups is 1. The van der Waals surface area contributed by atoms with Gasteiger partial charge in [0.05, 0.1) is 12.1 Å². The lowest BCUT2D eigenvalue weighted by Gasteiger charge is -2.35. The van der Waals surface area contributed by atoms with E-state index in [4.69, 9.17) is 0 Å². The summed E-state index contributed by atoms with van der Waals surface area (Å²) in [7, 11) is 0. The monoisotopic (exact) mass is 310 g/mol. The van der Waals surface area contributed by atoms with E-state index < -0.39 is 0 Å². The Hall–Kier alpha value is -2.13. The molecule has 0 saturated heterocycles. The smallest absolute Gasteiger partial charge is 0.234 e. The molecule has 0 aliphatic heterocycles. The molecule has 0 radical (unpaired) electrons. The average molecular weight is 310 g/mol. The minimum Gasteiger partial charge on any atom is -0.345 e. The molecular formula is C20H26N2O. The normalized spacial score (nSPS) is 13.3. The van der Waals surface area contributed by atoms with Crippen molar-refractivity contribution in [1.82, 2.24) is 10.6 Å². The molecule has 0 saturated carbocycles. The van der Waals surface area contributed by atoms with Crippen LogP contribution in [0.25, 0.3) is 0 Å². The Morgan fingerprint density at radius 2 is 1.57 bits per heavy atom. The third-order valence-electron chi connectivity index (χ3n) is 4.19. The molecule has 0 bridgehead atoms. The van der Waals surface area contributed by atoms with Crippen molar-refractivity contribution in [3.63, 3.8) is 0 Å². The average Bonchev–Trinajstić information content (AvgIpc) is 2.61. The first kappa shape index (κ1) is 17.2. The third kappa shape index (κ3) is 4.67. The molecule has 0 heterocycles. The van der Waals surface area contributed by atoms with Crippen LogP contribution in [0.1, 0.15) is 31.4 Å². The van der Waals surface area contributed by atoms with E-state index in [0.29, 0.717) is 6.54 Å². The molecular weight excluding hydrogens is 284 g/mol. The topological polar surface area (TPSA) is 41.1 Å². The molecule has 0 aliphatic rings. The van der Waals surface area contributed by atoms with Crippen molar-refractivity contribution in [2.75, 3.05) is 13.1 Å². The Bertz CT molecular complexity index is 598. The van der Waals surface area contributed by atoms with Crippen molar-refractivity contribution >= 4 is 5.91 Å². The highest BCUT2D eigenvalue weighted by atomic mass is 16.2. The second kappa shape index (κ2) is 8.49. The summed E-state index contributed by atoms with van der Waals surface area (Å²) in [5, 5.41) is 6.38. The van der Waals surface area contributed by atoms with Crippen molar-refractivity contribution in [1.29, 1.82) is 0 Å². The van der Waals surface area contributed by atoms with E-state index in [-0.39, 0.29) is 11.4 Å². The lowest BCUT2D eigenvalue weighted by atomic mass is 9.81. The zero-order valence-electron chi connectivity index (χ0n) is 14.0. The Labute approximate surface area is 139 Å². The highest BCUT2D eigenvalue weighted by Gasteiger charge is 2.32. The Morgan fingerprint density at radius 1 is 0.957 bits per heavy atom. The minimum atomic E-state index is -0.380. The van der Waals surface area contributed by atoms with Gasteiger partial charge >= 0.3 is 0 Å². The molecule has 0 aromatic heterocycles. The van der Waals surface area contributed by atoms with E-state index >= 15 is 0 Å². The van der Waals surface area contributed by atoms with Crippen LogP contribution in [0.2, 0.25) is 0 Å². The van der Waals surface area contributed by atoms with Gasteiger partial charge in [-0.05, 0) is 30.5 Å². The molecule has 122 valence electrons. The molecule has 0 fully saturated rings. The van der Waals surface area contributed by atoms with Crippen LogP contribution in [0.3, 0.4) is 0 Å². The van der Waals surface area contributed by atoms with Crippen molar-refractivity contribution in [3.8, 4) is 0 Å². The van der Waals surface area contributed by atoms with Gasteiger partial charge < -0.3 is 10.6 Å². The molecule has 2 aromatic carbocycles. The molecule has 1 amide bonds. The van der Waals surface area contributed by atoms with Crippen LogP contribution in [0.5, 0.6) is 0 Å². The van der Waals surface area contributed by atoms with Crippen LogP contribution in [-0.4, -0.2) is 19.0 Å². The van der Waals surface area contributed by atoms with Crippen LogP contribution in [-0.2, 0) is 16.8 Å². The summed E-state index contributed by atoms with van der Waals surface area (Å²) in [6, 6.07) is 20.6. The second-order valence-corrected chi connectivity index (χ2v) is 5.79. The van der Waals surface area contributed by atoms with Gasteiger partial charge in [-0.2, -0.15) is 0 Å². The SMILES string of the molecule is CCNCC(=O)NC(CC)(Cc1ccccc1)c1ccccc1. The van der Waals surface area contributed by atoms with E-state index in [9.17, 15) is 4.79 Å². The number of nitrogens with one attached hydrogen (secondary N) is 2. The van der Waals surface area contributed by atoms with Crippen molar-refractivity contribution in [2.45, 2.75) is 32.2 Å². The first-order valence-corrected chi connectivity index (χ1v) is 8.31. The van der Waals surface area contributed by atoms with Crippen molar-refractivity contribution in [2.24, 2.45) is 0 Å². The number of hydrogen-bond acceptors (Lipinski definition) is 2. The van der Waals surface area contributed by atoms with E-state index in [0.717, 1.165) is 24.9 Å². The minimum absolute atomic E-state index is 0.0356. The fourth-order valence-corrected chi connectivity index (χ4v) is 2.89. The van der Waals surface area contributed by atoms with Gasteiger partial charge in [0.1, 0.15) is 0 Å². The predicted molar refractivity (Wildman–Crippen MR) is 95.2 cm³/mol. The maximum Gasteiger partial charge on any atom is 0.234 e. The number of hydrogen-bond donors (Lipinski definition) is 2. The van der Waals surface area contributed by atoms with Gasteiger partial charge in [0.25, 0.3) is 0 Å². The van der Waals surface area contributed by atoms with Gasteiger partial charge in [-0.25, -0.2) is 0 Å². The van der Waals surface area contributed by atoms with E-state index in [2.05, 4.69) is 41.8 Å². The number of benzene rings is 2. The largest absolute Gasteiger partial charge is 0.345 e. The Morgan fingerprint density at radius 3 is 2.13 bits per heavy atom. The van der Waals surface area contributed by atoms with Gasteiger partial charge in [0.2, 0.25) is 5.91 Å². The summed E-state index contributed by atoms with van der Waals surface area (Å²) in [4.78, 5) is 12.4. The zero-order chi connectivity index (χ0) is 16.5. The molecule has 0 aliphatic carbocycles. The molecule has 0 spiro atoms. The van der Waals surface area contributed by atoms with Crippen LogP contribution >= 0.6 is 0 Å². The summed E-state index contributed by atoms with van der Waals surface area (Å²) in [6.07, 6.45) is 1.62. The Balaban J connectivity index is 2.30. The molecule has 23 heavy (non-hydrogen) atoms. The van der Waals surface area contributed by atoms with Gasteiger partial charge in [-0.1, -0.05) is 74.5 Å². The molecule has 2 N–H and O–H groups in total. The van der Waals surface area contributed by atoms with Gasteiger partial charge in [0.15, 0.2) is 0 Å². The number of likely N-dealkylation sites (N-methyl/N-ethyl adjacent to an activating group) is 1. The quantitative estimate of drug-likeness (QED) is 0.786. The summed E-state index contributed by atoms with van der Waals surface area (Å²) in [6.45, 7) is 5.27. The number of amides is 1. The van der Waals surface area contributed by atoms with E-state index in [1.165, 1.54) is 5.56 Å². The summed E-state index contributed by atoms with van der Waals surface area (Å²) in [5.41, 5.74) is 1.99. The summed E-state index contributed by atoms with van der Waals surface area (Å²) in [5.74, 6) is 0.0356. The lowest BCUT2D eigenvalue weighted by Crippen LogP contribution is -2.49. The second-order valence-electron chi connectivity index (χ2n) is 5.79. The maximum absolute atomic E-state index is 12.4. The lowest BCUT2D eigenvalue weighted by molar-refractivity contribution is -0.122. The third-order valence-corrected chi connectivity index (χ3v) is 4.19. The van der Waals surface area contributed by atoms with Crippen LogP contribution < -0.4 is 10.6 Å². The predicted octanol–water partition coefficient (Wildman–Crippen LogP) is 3.26.